The predicted molar refractivity (Wildman–Crippen MR) is 46.5 cm³/mol. The van der Waals surface area contributed by atoms with Gasteiger partial charge in [0.05, 0.1) is 6.10 Å². The van der Waals surface area contributed by atoms with Gasteiger partial charge >= 0.3 is 0 Å². The van der Waals surface area contributed by atoms with Crippen LogP contribution in [0.15, 0.2) is 18.2 Å². The molecule has 66 valence electrons. The van der Waals surface area contributed by atoms with E-state index in [1.54, 1.807) is 13.0 Å². The average Bonchev–Trinajstić information content (AvgIpc) is 1.94. The van der Waals surface area contributed by atoms with Crippen LogP contribution >= 0.6 is 0 Å². The summed E-state index contributed by atoms with van der Waals surface area (Å²) in [4.78, 5) is 0. The molecule has 12 heavy (non-hydrogen) atoms. The predicted octanol–water partition coefficient (Wildman–Crippen LogP) is 2.06. The fourth-order valence-corrected chi connectivity index (χ4v) is 1.21. The minimum Gasteiger partial charge on any atom is -0.393 e. The summed E-state index contributed by atoms with van der Waals surface area (Å²) in [6.45, 7) is 3.57. The molecule has 0 saturated heterocycles. The van der Waals surface area contributed by atoms with Gasteiger partial charge in [0, 0.05) is 0 Å². The van der Waals surface area contributed by atoms with Gasteiger partial charge in [0.2, 0.25) is 0 Å². The van der Waals surface area contributed by atoms with Crippen molar-refractivity contribution in [3.8, 4) is 0 Å². The van der Waals surface area contributed by atoms with Gasteiger partial charge in [0.25, 0.3) is 0 Å². The van der Waals surface area contributed by atoms with Gasteiger partial charge in [-0.1, -0.05) is 6.07 Å². The zero-order valence-corrected chi connectivity index (χ0v) is 7.34. The van der Waals surface area contributed by atoms with Crippen molar-refractivity contribution in [1.29, 1.82) is 0 Å². The van der Waals surface area contributed by atoms with E-state index in [0.29, 0.717) is 6.42 Å². The number of aliphatic hydroxyl groups excluding tert-OH is 1. The Labute approximate surface area is 71.9 Å². The molecule has 0 saturated carbocycles. The van der Waals surface area contributed by atoms with Gasteiger partial charge < -0.3 is 5.11 Å². The topological polar surface area (TPSA) is 20.2 Å². The molecule has 1 rings (SSSR count). The standard InChI is InChI=1S/C10H13FO/c1-7-5-10(11)4-3-9(7)6-8(2)12/h3-5,8,12H,6H2,1-2H3/t8-/m0/s1. The first-order valence-corrected chi connectivity index (χ1v) is 4.02. The second-order valence-electron chi connectivity index (χ2n) is 3.12. The van der Waals surface area contributed by atoms with E-state index in [-0.39, 0.29) is 11.9 Å². The lowest BCUT2D eigenvalue weighted by Gasteiger charge is -2.07. The maximum Gasteiger partial charge on any atom is 0.123 e. The van der Waals surface area contributed by atoms with Crippen molar-refractivity contribution in [2.45, 2.75) is 26.4 Å². The van der Waals surface area contributed by atoms with Gasteiger partial charge in [0.1, 0.15) is 5.82 Å². The quantitative estimate of drug-likeness (QED) is 0.716. The van der Waals surface area contributed by atoms with Crippen LogP contribution in [0.1, 0.15) is 18.1 Å². The van der Waals surface area contributed by atoms with Crippen LogP contribution in [0.4, 0.5) is 4.39 Å². The van der Waals surface area contributed by atoms with E-state index in [4.69, 9.17) is 5.11 Å². The molecule has 0 unspecified atom stereocenters. The zero-order chi connectivity index (χ0) is 9.14. The highest BCUT2D eigenvalue weighted by Gasteiger charge is 2.02. The van der Waals surface area contributed by atoms with E-state index in [2.05, 4.69) is 0 Å². The Kier molecular flexibility index (Phi) is 2.82. The molecule has 1 N–H and O–H groups in total. The molecular weight excluding hydrogens is 155 g/mol. The average molecular weight is 168 g/mol. The third-order valence-corrected chi connectivity index (χ3v) is 1.82. The van der Waals surface area contributed by atoms with Gasteiger partial charge in [-0.25, -0.2) is 4.39 Å². The highest BCUT2D eigenvalue weighted by Crippen LogP contribution is 2.11. The molecule has 0 heterocycles. The molecule has 0 spiro atoms. The number of halogens is 1. The molecule has 1 aromatic rings. The number of benzene rings is 1. The van der Waals surface area contributed by atoms with Crippen LogP contribution in [0.3, 0.4) is 0 Å². The molecule has 0 aliphatic carbocycles. The van der Waals surface area contributed by atoms with Crippen molar-refractivity contribution in [1.82, 2.24) is 0 Å². The first-order chi connectivity index (χ1) is 5.59. The SMILES string of the molecule is Cc1cc(F)ccc1C[C@H](C)O. The maximum absolute atomic E-state index is 12.6. The van der Waals surface area contributed by atoms with Gasteiger partial charge in [-0.2, -0.15) is 0 Å². The van der Waals surface area contributed by atoms with E-state index in [1.807, 2.05) is 6.92 Å². The third-order valence-electron chi connectivity index (χ3n) is 1.82. The van der Waals surface area contributed by atoms with Crippen molar-refractivity contribution >= 4 is 0 Å². The summed E-state index contributed by atoms with van der Waals surface area (Å²) < 4.78 is 12.6. The highest BCUT2D eigenvalue weighted by atomic mass is 19.1. The fourth-order valence-electron chi connectivity index (χ4n) is 1.21. The van der Waals surface area contributed by atoms with E-state index in [1.165, 1.54) is 12.1 Å². The molecule has 1 nitrogen and oxygen atoms in total. The van der Waals surface area contributed by atoms with E-state index >= 15 is 0 Å². The minimum absolute atomic E-state index is 0.221. The summed E-state index contributed by atoms with van der Waals surface area (Å²) in [7, 11) is 0. The summed E-state index contributed by atoms with van der Waals surface area (Å²) in [5.41, 5.74) is 1.90. The Hall–Kier alpha value is -0.890. The van der Waals surface area contributed by atoms with Gasteiger partial charge in [-0.05, 0) is 43.5 Å². The lowest BCUT2D eigenvalue weighted by molar-refractivity contribution is 0.195. The number of aliphatic hydroxyl groups is 1. The second kappa shape index (κ2) is 3.68. The number of aryl methyl sites for hydroxylation is 1. The molecular formula is C10H13FO. The minimum atomic E-state index is -0.367. The van der Waals surface area contributed by atoms with Gasteiger partial charge in [0.15, 0.2) is 0 Å². The molecule has 0 radical (unpaired) electrons. The van der Waals surface area contributed by atoms with E-state index in [0.717, 1.165) is 11.1 Å². The molecule has 0 amide bonds. The van der Waals surface area contributed by atoms with Crippen LogP contribution in [0.5, 0.6) is 0 Å². The van der Waals surface area contributed by atoms with Crippen molar-refractivity contribution < 1.29 is 9.50 Å². The molecule has 1 atom stereocenters. The van der Waals surface area contributed by atoms with Crippen LogP contribution in [0, 0.1) is 12.7 Å². The van der Waals surface area contributed by atoms with Crippen molar-refractivity contribution in [2.24, 2.45) is 0 Å². The Morgan fingerprint density at radius 1 is 1.50 bits per heavy atom. The van der Waals surface area contributed by atoms with Crippen molar-refractivity contribution in [3.63, 3.8) is 0 Å². The van der Waals surface area contributed by atoms with Crippen LogP contribution in [-0.2, 0) is 6.42 Å². The van der Waals surface area contributed by atoms with Gasteiger partial charge in [-0.3, -0.25) is 0 Å². The Morgan fingerprint density at radius 2 is 2.17 bits per heavy atom. The Bertz CT molecular complexity index is 269. The Balaban J connectivity index is 2.86. The lowest BCUT2D eigenvalue weighted by atomic mass is 10.0. The molecule has 0 fully saturated rings. The number of rotatable bonds is 2. The molecule has 0 bridgehead atoms. The number of hydrogen-bond donors (Lipinski definition) is 1. The van der Waals surface area contributed by atoms with Crippen LogP contribution in [0.2, 0.25) is 0 Å². The highest BCUT2D eigenvalue weighted by molar-refractivity contribution is 5.26. The summed E-state index contributed by atoms with van der Waals surface area (Å²) in [5.74, 6) is -0.221. The second-order valence-corrected chi connectivity index (χ2v) is 3.12. The maximum atomic E-state index is 12.6. The first-order valence-electron chi connectivity index (χ1n) is 4.02. The number of hydrogen-bond acceptors (Lipinski definition) is 1. The monoisotopic (exact) mass is 168 g/mol. The van der Waals surface area contributed by atoms with E-state index in [9.17, 15) is 4.39 Å². The fraction of sp³-hybridized carbons (Fsp3) is 0.400. The Morgan fingerprint density at radius 3 is 2.67 bits per heavy atom. The molecule has 0 aromatic heterocycles. The first kappa shape index (κ1) is 9.20. The lowest BCUT2D eigenvalue weighted by Crippen LogP contribution is -2.05. The molecule has 1 aromatic carbocycles. The largest absolute Gasteiger partial charge is 0.393 e. The van der Waals surface area contributed by atoms with Crippen molar-refractivity contribution in [2.75, 3.05) is 0 Å². The molecule has 2 heteroatoms. The van der Waals surface area contributed by atoms with Crippen molar-refractivity contribution in [3.05, 3.63) is 35.1 Å². The van der Waals surface area contributed by atoms with E-state index < -0.39 is 0 Å². The zero-order valence-electron chi connectivity index (χ0n) is 7.34. The van der Waals surface area contributed by atoms with Crippen LogP contribution < -0.4 is 0 Å². The summed E-state index contributed by atoms with van der Waals surface area (Å²) in [6.07, 6.45) is 0.223. The molecule has 0 aliphatic heterocycles. The normalized spacial score (nSPS) is 13.0. The van der Waals surface area contributed by atoms with Gasteiger partial charge in [-0.15, -0.1) is 0 Å². The smallest absolute Gasteiger partial charge is 0.123 e. The van der Waals surface area contributed by atoms with Crippen LogP contribution in [-0.4, -0.2) is 11.2 Å². The summed E-state index contributed by atoms with van der Waals surface area (Å²) in [5, 5.41) is 9.11. The summed E-state index contributed by atoms with van der Waals surface area (Å²) in [6, 6.07) is 4.62. The van der Waals surface area contributed by atoms with Crippen LogP contribution in [0.25, 0.3) is 0 Å². The third kappa shape index (κ3) is 2.31. The summed E-state index contributed by atoms with van der Waals surface area (Å²) >= 11 is 0. The molecule has 0 aliphatic rings.